The fourth-order valence-corrected chi connectivity index (χ4v) is 2.98. The Bertz CT molecular complexity index is 858. The second-order valence-electron chi connectivity index (χ2n) is 6.53. The Balaban J connectivity index is 1.48. The molecule has 1 aromatic heterocycles. The van der Waals surface area contributed by atoms with Gasteiger partial charge in [0, 0.05) is 12.6 Å². The quantitative estimate of drug-likeness (QED) is 0.676. The first kappa shape index (κ1) is 18.6. The van der Waals surface area contributed by atoms with Crippen molar-refractivity contribution < 1.29 is 4.79 Å². The molecule has 1 atom stereocenters. The first-order chi connectivity index (χ1) is 13.2. The van der Waals surface area contributed by atoms with Gasteiger partial charge in [0.2, 0.25) is 0 Å². The highest BCUT2D eigenvalue weighted by atomic mass is 16.2. The van der Waals surface area contributed by atoms with Crippen LogP contribution in [0.25, 0.3) is 11.1 Å². The van der Waals surface area contributed by atoms with Crippen LogP contribution in [0.2, 0.25) is 0 Å². The SMILES string of the molecule is CCn1cnnc1CNC(=O)NC(C)Cc1ccc(-c2ccccc2)cc1. The van der Waals surface area contributed by atoms with Gasteiger partial charge in [-0.1, -0.05) is 54.6 Å². The molecule has 0 fully saturated rings. The fourth-order valence-electron chi connectivity index (χ4n) is 2.98. The van der Waals surface area contributed by atoms with Gasteiger partial charge in [-0.25, -0.2) is 4.79 Å². The first-order valence-electron chi connectivity index (χ1n) is 9.21. The van der Waals surface area contributed by atoms with E-state index in [0.29, 0.717) is 6.54 Å². The highest BCUT2D eigenvalue weighted by Gasteiger charge is 2.10. The maximum absolute atomic E-state index is 12.1. The predicted molar refractivity (Wildman–Crippen MR) is 106 cm³/mol. The van der Waals surface area contributed by atoms with Gasteiger partial charge < -0.3 is 15.2 Å². The van der Waals surface area contributed by atoms with Crippen molar-refractivity contribution in [1.29, 1.82) is 0 Å². The summed E-state index contributed by atoms with van der Waals surface area (Å²) in [6.45, 7) is 5.15. The molecule has 0 spiro atoms. The number of rotatable bonds is 7. The van der Waals surface area contributed by atoms with E-state index in [9.17, 15) is 4.79 Å². The van der Waals surface area contributed by atoms with Gasteiger partial charge in [0.25, 0.3) is 0 Å². The summed E-state index contributed by atoms with van der Waals surface area (Å²) in [5.74, 6) is 0.747. The van der Waals surface area contributed by atoms with Crippen LogP contribution in [0.3, 0.4) is 0 Å². The van der Waals surface area contributed by atoms with Crippen LogP contribution in [-0.2, 0) is 19.5 Å². The number of hydrogen-bond donors (Lipinski definition) is 2. The lowest BCUT2D eigenvalue weighted by molar-refractivity contribution is 0.237. The molecule has 0 bridgehead atoms. The number of benzene rings is 2. The zero-order valence-corrected chi connectivity index (χ0v) is 15.7. The van der Waals surface area contributed by atoms with E-state index in [1.165, 1.54) is 16.7 Å². The molecule has 6 nitrogen and oxygen atoms in total. The van der Waals surface area contributed by atoms with E-state index in [1.54, 1.807) is 6.33 Å². The number of aromatic nitrogens is 3. The van der Waals surface area contributed by atoms with Crippen molar-refractivity contribution in [3.05, 3.63) is 72.3 Å². The van der Waals surface area contributed by atoms with E-state index in [1.807, 2.05) is 36.6 Å². The van der Waals surface area contributed by atoms with Crippen LogP contribution in [0.15, 0.2) is 60.9 Å². The van der Waals surface area contributed by atoms with E-state index >= 15 is 0 Å². The van der Waals surface area contributed by atoms with Crippen molar-refractivity contribution in [1.82, 2.24) is 25.4 Å². The summed E-state index contributed by atoms with van der Waals surface area (Å²) >= 11 is 0. The Morgan fingerprint density at radius 3 is 2.48 bits per heavy atom. The van der Waals surface area contributed by atoms with Gasteiger partial charge in [-0.3, -0.25) is 0 Å². The van der Waals surface area contributed by atoms with Crippen LogP contribution in [-0.4, -0.2) is 26.8 Å². The van der Waals surface area contributed by atoms with Crippen molar-refractivity contribution in [2.45, 2.75) is 39.4 Å². The van der Waals surface area contributed by atoms with E-state index < -0.39 is 0 Å². The maximum atomic E-state index is 12.1. The molecular weight excluding hydrogens is 338 g/mol. The molecule has 6 heteroatoms. The minimum absolute atomic E-state index is 0.0246. The van der Waals surface area contributed by atoms with Gasteiger partial charge in [0.1, 0.15) is 6.33 Å². The number of amides is 2. The molecule has 140 valence electrons. The lowest BCUT2D eigenvalue weighted by atomic mass is 10.0. The zero-order valence-electron chi connectivity index (χ0n) is 15.7. The second kappa shape index (κ2) is 8.98. The number of nitrogens with zero attached hydrogens (tertiary/aromatic N) is 3. The zero-order chi connectivity index (χ0) is 19.1. The Morgan fingerprint density at radius 2 is 1.78 bits per heavy atom. The average Bonchev–Trinajstić information content (AvgIpc) is 3.15. The van der Waals surface area contributed by atoms with Crippen molar-refractivity contribution in [3.8, 4) is 11.1 Å². The molecule has 0 aliphatic carbocycles. The van der Waals surface area contributed by atoms with Crippen LogP contribution in [0.5, 0.6) is 0 Å². The molecule has 1 heterocycles. The molecule has 2 N–H and O–H groups in total. The predicted octanol–water partition coefficient (Wildman–Crippen LogP) is 3.40. The standard InChI is InChI=1S/C21H25N5O/c1-3-26-15-23-25-20(26)14-22-21(27)24-16(2)13-17-9-11-19(12-10-17)18-7-5-4-6-8-18/h4-12,15-16H,3,13-14H2,1-2H3,(H2,22,24,27). The monoisotopic (exact) mass is 363 g/mol. The average molecular weight is 363 g/mol. The molecule has 0 saturated heterocycles. The van der Waals surface area contributed by atoms with Gasteiger partial charge in [-0.05, 0) is 37.0 Å². The normalized spacial score (nSPS) is 11.8. The fraction of sp³-hybridized carbons (Fsp3) is 0.286. The minimum atomic E-state index is -0.200. The number of nitrogens with one attached hydrogen (secondary N) is 2. The van der Waals surface area contributed by atoms with Gasteiger partial charge >= 0.3 is 6.03 Å². The third kappa shape index (κ3) is 5.17. The maximum Gasteiger partial charge on any atom is 0.315 e. The van der Waals surface area contributed by atoms with E-state index in [0.717, 1.165) is 18.8 Å². The summed E-state index contributed by atoms with van der Waals surface area (Å²) in [6, 6.07) is 18.6. The molecule has 0 radical (unpaired) electrons. The van der Waals surface area contributed by atoms with Crippen LogP contribution in [0.1, 0.15) is 25.2 Å². The van der Waals surface area contributed by atoms with E-state index in [4.69, 9.17) is 0 Å². The van der Waals surface area contributed by atoms with Crippen LogP contribution < -0.4 is 10.6 Å². The Morgan fingerprint density at radius 1 is 1.07 bits per heavy atom. The topological polar surface area (TPSA) is 71.8 Å². The highest BCUT2D eigenvalue weighted by Crippen LogP contribution is 2.19. The van der Waals surface area contributed by atoms with Gasteiger partial charge in [0.15, 0.2) is 5.82 Å². The Labute approximate surface area is 159 Å². The van der Waals surface area contributed by atoms with Crippen molar-refractivity contribution in [2.75, 3.05) is 0 Å². The first-order valence-corrected chi connectivity index (χ1v) is 9.21. The number of urea groups is 1. The summed E-state index contributed by atoms with van der Waals surface area (Å²) in [5.41, 5.74) is 3.58. The largest absolute Gasteiger partial charge is 0.335 e. The summed E-state index contributed by atoms with van der Waals surface area (Å²) in [5, 5.41) is 13.7. The van der Waals surface area contributed by atoms with Gasteiger partial charge in [-0.2, -0.15) is 0 Å². The summed E-state index contributed by atoms with van der Waals surface area (Å²) in [6.07, 6.45) is 2.43. The number of carbonyl (C=O) groups excluding carboxylic acids is 1. The molecule has 3 rings (SSSR count). The number of aryl methyl sites for hydroxylation is 1. The van der Waals surface area contributed by atoms with Crippen molar-refractivity contribution >= 4 is 6.03 Å². The van der Waals surface area contributed by atoms with Gasteiger partial charge in [0.05, 0.1) is 6.54 Å². The van der Waals surface area contributed by atoms with Crippen LogP contribution in [0, 0.1) is 0 Å². The minimum Gasteiger partial charge on any atom is -0.335 e. The molecule has 1 unspecified atom stereocenters. The third-order valence-corrected chi connectivity index (χ3v) is 4.42. The number of hydrogen-bond acceptors (Lipinski definition) is 3. The molecule has 2 aromatic carbocycles. The summed E-state index contributed by atoms with van der Waals surface area (Å²) in [4.78, 5) is 12.1. The molecule has 3 aromatic rings. The lowest BCUT2D eigenvalue weighted by Crippen LogP contribution is -2.41. The molecule has 2 amide bonds. The van der Waals surface area contributed by atoms with E-state index in [2.05, 4.69) is 57.2 Å². The highest BCUT2D eigenvalue weighted by molar-refractivity contribution is 5.74. The van der Waals surface area contributed by atoms with Gasteiger partial charge in [-0.15, -0.1) is 10.2 Å². The molecule has 0 aliphatic rings. The van der Waals surface area contributed by atoms with E-state index in [-0.39, 0.29) is 12.1 Å². The summed E-state index contributed by atoms with van der Waals surface area (Å²) in [7, 11) is 0. The lowest BCUT2D eigenvalue weighted by Gasteiger charge is -2.15. The van der Waals surface area contributed by atoms with Crippen LogP contribution in [0.4, 0.5) is 4.79 Å². The Hall–Kier alpha value is -3.15. The number of carbonyl (C=O) groups is 1. The van der Waals surface area contributed by atoms with Crippen LogP contribution >= 0.6 is 0 Å². The second-order valence-corrected chi connectivity index (χ2v) is 6.53. The third-order valence-electron chi connectivity index (χ3n) is 4.42. The van der Waals surface area contributed by atoms with Crippen molar-refractivity contribution in [2.24, 2.45) is 0 Å². The molecule has 27 heavy (non-hydrogen) atoms. The smallest absolute Gasteiger partial charge is 0.315 e. The summed E-state index contributed by atoms with van der Waals surface area (Å²) < 4.78 is 1.90. The Kier molecular flexibility index (Phi) is 6.20. The molecule has 0 aliphatic heterocycles. The molecule has 0 saturated carbocycles. The van der Waals surface area contributed by atoms with Crippen molar-refractivity contribution in [3.63, 3.8) is 0 Å². The molecular formula is C21H25N5O.